The molecule has 0 bridgehead atoms. The number of benzene rings is 2. The molecule has 0 saturated carbocycles. The number of methoxy groups -OCH3 is 1. The topological polar surface area (TPSA) is 138 Å². The summed E-state index contributed by atoms with van der Waals surface area (Å²) in [4.78, 5) is 11.9. The van der Waals surface area contributed by atoms with Crippen LogP contribution >= 0.6 is 0 Å². The van der Waals surface area contributed by atoms with Gasteiger partial charge >= 0.3 is 0 Å². The molecular weight excluding hydrogens is 406 g/mol. The van der Waals surface area contributed by atoms with Crippen molar-refractivity contribution in [3.05, 3.63) is 48.0 Å². The van der Waals surface area contributed by atoms with Gasteiger partial charge in [-0.1, -0.05) is 18.2 Å². The summed E-state index contributed by atoms with van der Waals surface area (Å²) in [7, 11) is 3.01. The fourth-order valence-electron chi connectivity index (χ4n) is 3.41. The molecule has 2 aromatic carbocycles. The molecule has 1 amide bonds. The van der Waals surface area contributed by atoms with Gasteiger partial charge in [0.15, 0.2) is 17.1 Å². The summed E-state index contributed by atoms with van der Waals surface area (Å²) in [5.41, 5.74) is 0.102. The predicted molar refractivity (Wildman–Crippen MR) is 111 cm³/mol. The van der Waals surface area contributed by atoms with Crippen LogP contribution in [0.4, 0.5) is 0 Å². The van der Waals surface area contributed by atoms with Crippen molar-refractivity contribution in [2.24, 2.45) is 0 Å². The molecule has 2 aromatic rings. The lowest BCUT2D eigenvalue weighted by molar-refractivity contribution is -0.315. The molecule has 0 spiro atoms. The number of carbonyl (C=O) groups is 1. The molecular formula is C22H27NO8. The number of carbonyl (C=O) groups excluding carboxylic acids is 1. The molecule has 9 heteroatoms. The summed E-state index contributed by atoms with van der Waals surface area (Å²) in [5, 5.41) is 42.8. The van der Waals surface area contributed by atoms with Crippen LogP contribution in [0.1, 0.15) is 17.3 Å². The SMILES string of the molecule is CNC(=O)c1cccc(-c2ccc(O[C@H]3O[C@H](CO)[C@@H](O)[C@H](O)[C@]3(C)O)c(OC)c2)c1. The van der Waals surface area contributed by atoms with Gasteiger partial charge in [0.1, 0.15) is 18.3 Å². The minimum atomic E-state index is -1.95. The van der Waals surface area contributed by atoms with Crippen LogP contribution in [0.3, 0.4) is 0 Å². The van der Waals surface area contributed by atoms with Crippen molar-refractivity contribution in [3.8, 4) is 22.6 Å². The van der Waals surface area contributed by atoms with Crippen molar-refractivity contribution >= 4 is 5.91 Å². The van der Waals surface area contributed by atoms with Crippen LogP contribution in [0.2, 0.25) is 0 Å². The fourth-order valence-corrected chi connectivity index (χ4v) is 3.41. The second kappa shape index (κ2) is 9.21. The summed E-state index contributed by atoms with van der Waals surface area (Å²) in [6.07, 6.45) is -5.57. The van der Waals surface area contributed by atoms with Crippen LogP contribution in [0.5, 0.6) is 11.5 Å². The van der Waals surface area contributed by atoms with Crippen molar-refractivity contribution in [2.45, 2.75) is 37.1 Å². The number of nitrogens with one attached hydrogen (secondary N) is 1. The summed E-state index contributed by atoms with van der Waals surface area (Å²) in [6.45, 7) is 0.705. The summed E-state index contributed by atoms with van der Waals surface area (Å²) in [6, 6.07) is 12.1. The Morgan fingerprint density at radius 1 is 1.16 bits per heavy atom. The number of amides is 1. The van der Waals surface area contributed by atoms with Gasteiger partial charge in [0, 0.05) is 12.6 Å². The zero-order valence-electron chi connectivity index (χ0n) is 17.5. The highest BCUT2D eigenvalue weighted by Gasteiger charge is 2.53. The molecule has 31 heavy (non-hydrogen) atoms. The van der Waals surface area contributed by atoms with E-state index in [0.717, 1.165) is 11.1 Å². The van der Waals surface area contributed by atoms with Gasteiger partial charge in [-0.2, -0.15) is 0 Å². The van der Waals surface area contributed by atoms with E-state index < -0.39 is 36.8 Å². The Hall–Kier alpha value is -2.69. The molecule has 1 saturated heterocycles. The smallest absolute Gasteiger partial charge is 0.251 e. The molecule has 0 radical (unpaired) electrons. The second-order valence-electron chi connectivity index (χ2n) is 7.49. The monoisotopic (exact) mass is 433 g/mol. The average Bonchev–Trinajstić information content (AvgIpc) is 2.79. The van der Waals surface area contributed by atoms with Crippen LogP contribution < -0.4 is 14.8 Å². The van der Waals surface area contributed by atoms with Crippen molar-refractivity contribution in [2.75, 3.05) is 20.8 Å². The standard InChI is InChI=1S/C22H27NO8/c1-22(28)19(26)18(25)17(11-24)31-21(22)30-15-8-7-13(10-16(15)29-3)12-5-4-6-14(9-12)20(27)23-2/h4-10,17-19,21,24-26,28H,11H2,1-3H3,(H,23,27)/t17-,18-,19+,21+,22+/m1/s1. The van der Waals surface area contributed by atoms with E-state index in [1.165, 1.54) is 14.0 Å². The Morgan fingerprint density at radius 3 is 2.52 bits per heavy atom. The fraction of sp³-hybridized carbons (Fsp3) is 0.409. The maximum atomic E-state index is 11.9. The van der Waals surface area contributed by atoms with Gasteiger partial charge in [-0.05, 0) is 42.3 Å². The average molecular weight is 433 g/mol. The van der Waals surface area contributed by atoms with Crippen LogP contribution in [0.15, 0.2) is 42.5 Å². The molecule has 0 unspecified atom stereocenters. The van der Waals surface area contributed by atoms with Gasteiger partial charge in [-0.3, -0.25) is 4.79 Å². The van der Waals surface area contributed by atoms with E-state index in [4.69, 9.17) is 14.2 Å². The van der Waals surface area contributed by atoms with Crippen molar-refractivity contribution in [1.82, 2.24) is 5.32 Å². The highest BCUT2D eigenvalue weighted by atomic mass is 16.7. The van der Waals surface area contributed by atoms with Gasteiger partial charge in [-0.15, -0.1) is 0 Å². The van der Waals surface area contributed by atoms with Crippen molar-refractivity contribution in [1.29, 1.82) is 0 Å². The van der Waals surface area contributed by atoms with E-state index in [1.54, 1.807) is 43.4 Å². The van der Waals surface area contributed by atoms with Crippen LogP contribution in [0, 0.1) is 0 Å². The first-order valence-corrected chi connectivity index (χ1v) is 9.75. The molecule has 0 aromatic heterocycles. The van der Waals surface area contributed by atoms with Gasteiger partial charge in [-0.25, -0.2) is 0 Å². The molecule has 1 aliphatic rings. The number of ether oxygens (including phenoxy) is 3. The van der Waals surface area contributed by atoms with Crippen LogP contribution in [-0.2, 0) is 4.74 Å². The lowest BCUT2D eigenvalue weighted by atomic mass is 9.88. The van der Waals surface area contributed by atoms with Gasteiger partial charge < -0.3 is 40.0 Å². The summed E-state index contributed by atoms with van der Waals surface area (Å²) < 4.78 is 16.7. The molecule has 1 aliphatic heterocycles. The maximum absolute atomic E-state index is 11.9. The minimum Gasteiger partial charge on any atom is -0.493 e. The highest BCUT2D eigenvalue weighted by molar-refractivity contribution is 5.95. The van der Waals surface area contributed by atoms with Gasteiger partial charge in [0.05, 0.1) is 13.7 Å². The summed E-state index contributed by atoms with van der Waals surface area (Å²) >= 11 is 0. The Labute approximate surface area is 179 Å². The van der Waals surface area contributed by atoms with E-state index in [9.17, 15) is 25.2 Å². The Bertz CT molecular complexity index is 931. The molecule has 1 heterocycles. The molecule has 168 valence electrons. The normalized spacial score (nSPS) is 28.1. The number of hydrogen-bond donors (Lipinski definition) is 5. The van der Waals surface area contributed by atoms with Crippen molar-refractivity contribution < 1.29 is 39.4 Å². The quantitative estimate of drug-likeness (QED) is 0.438. The second-order valence-corrected chi connectivity index (χ2v) is 7.49. The first-order chi connectivity index (χ1) is 14.7. The number of aliphatic hydroxyl groups excluding tert-OH is 3. The maximum Gasteiger partial charge on any atom is 0.251 e. The third kappa shape index (κ3) is 4.51. The molecule has 5 atom stereocenters. The third-order valence-electron chi connectivity index (χ3n) is 5.34. The minimum absolute atomic E-state index is 0.204. The Balaban J connectivity index is 1.89. The van der Waals surface area contributed by atoms with Crippen LogP contribution in [-0.4, -0.2) is 77.3 Å². The van der Waals surface area contributed by atoms with Gasteiger partial charge in [0.2, 0.25) is 6.29 Å². The van der Waals surface area contributed by atoms with Crippen LogP contribution in [0.25, 0.3) is 11.1 Å². The first kappa shape index (κ1) is 23.0. The lowest BCUT2D eigenvalue weighted by Crippen LogP contribution is -2.66. The Kier molecular flexibility index (Phi) is 6.83. The Morgan fingerprint density at radius 2 is 1.87 bits per heavy atom. The number of aliphatic hydroxyl groups is 4. The van der Waals surface area contributed by atoms with Crippen molar-refractivity contribution in [3.63, 3.8) is 0 Å². The van der Waals surface area contributed by atoms with E-state index in [-0.39, 0.29) is 11.7 Å². The first-order valence-electron chi connectivity index (χ1n) is 9.75. The van der Waals surface area contributed by atoms with E-state index >= 15 is 0 Å². The third-order valence-corrected chi connectivity index (χ3v) is 5.34. The lowest BCUT2D eigenvalue weighted by Gasteiger charge is -2.45. The zero-order chi connectivity index (χ0) is 22.8. The van der Waals surface area contributed by atoms with E-state index in [2.05, 4.69) is 5.32 Å². The molecule has 1 fully saturated rings. The van der Waals surface area contributed by atoms with E-state index in [1.807, 2.05) is 6.07 Å². The largest absolute Gasteiger partial charge is 0.493 e. The number of rotatable bonds is 6. The van der Waals surface area contributed by atoms with E-state index in [0.29, 0.717) is 11.3 Å². The zero-order valence-corrected chi connectivity index (χ0v) is 17.5. The molecule has 0 aliphatic carbocycles. The molecule has 5 N–H and O–H groups in total. The number of hydrogen-bond acceptors (Lipinski definition) is 8. The predicted octanol–water partition coefficient (Wildman–Crippen LogP) is 0.291. The summed E-state index contributed by atoms with van der Waals surface area (Å²) in [5.74, 6) is 0.340. The molecule has 9 nitrogen and oxygen atoms in total. The van der Waals surface area contributed by atoms with Gasteiger partial charge in [0.25, 0.3) is 5.91 Å². The molecule has 3 rings (SSSR count). The highest BCUT2D eigenvalue weighted by Crippen LogP contribution is 2.37.